The van der Waals surface area contributed by atoms with Crippen molar-refractivity contribution in [3.8, 4) is 0 Å². The molecule has 2 unspecified atom stereocenters. The third-order valence-corrected chi connectivity index (χ3v) is 6.26. The number of benzene rings is 1. The number of aliphatic imine (C=N–C) groups is 1. The maximum absolute atomic E-state index is 14.2. The van der Waals surface area contributed by atoms with Gasteiger partial charge in [-0.05, 0) is 29.8 Å². The number of carbonyl (C=O) groups excluding carboxylic acids is 1. The zero-order chi connectivity index (χ0) is 23.0. The van der Waals surface area contributed by atoms with E-state index in [1.54, 1.807) is 12.1 Å². The quantitative estimate of drug-likeness (QED) is 0.482. The molecule has 1 aromatic heterocycles. The lowest BCUT2D eigenvalue weighted by Crippen LogP contribution is -2.41. The number of nitrogens with zero attached hydrogens (tertiary/aromatic N) is 2. The van der Waals surface area contributed by atoms with E-state index in [-0.39, 0.29) is 46.1 Å². The van der Waals surface area contributed by atoms with E-state index in [9.17, 15) is 18.0 Å². The molecule has 4 rings (SSSR count). The molecule has 32 heavy (non-hydrogen) atoms. The second kappa shape index (κ2) is 8.93. The van der Waals surface area contributed by atoms with Crippen molar-refractivity contribution < 1.29 is 22.8 Å². The molecule has 2 atom stereocenters. The van der Waals surface area contributed by atoms with Crippen molar-refractivity contribution in [2.75, 3.05) is 13.2 Å². The highest BCUT2D eigenvalue weighted by atomic mass is 35.5. The maximum Gasteiger partial charge on any atom is 0.268 e. The molecule has 1 aromatic carbocycles. The number of hydrogen-bond donors (Lipinski definition) is 2. The molecular weight excluding hydrogens is 488 g/mol. The molecule has 0 saturated carbocycles. The summed E-state index contributed by atoms with van der Waals surface area (Å²) in [7, 11) is 0. The fourth-order valence-corrected chi connectivity index (χ4v) is 4.28. The van der Waals surface area contributed by atoms with Crippen LogP contribution in [0.25, 0.3) is 0 Å². The lowest BCUT2D eigenvalue weighted by molar-refractivity contribution is -0.124. The summed E-state index contributed by atoms with van der Waals surface area (Å²) < 4.78 is 42.2. The predicted octanol–water partition coefficient (Wildman–Crippen LogP) is 3.62. The predicted molar refractivity (Wildman–Crippen MR) is 117 cm³/mol. The van der Waals surface area contributed by atoms with E-state index in [1.807, 2.05) is 0 Å². The number of aromatic nitrogens is 1. The van der Waals surface area contributed by atoms with Crippen LogP contribution >= 0.6 is 35.4 Å². The molecule has 0 aliphatic carbocycles. The molecule has 0 radical (unpaired) electrons. The van der Waals surface area contributed by atoms with Gasteiger partial charge in [0, 0.05) is 23.9 Å². The summed E-state index contributed by atoms with van der Waals surface area (Å²) in [5.74, 6) is -1.19. The minimum absolute atomic E-state index is 0.105. The van der Waals surface area contributed by atoms with Gasteiger partial charge in [-0.1, -0.05) is 35.4 Å². The molecule has 2 aromatic rings. The number of pyridine rings is 1. The van der Waals surface area contributed by atoms with Gasteiger partial charge in [0.15, 0.2) is 5.82 Å². The topological polar surface area (TPSA) is 75.6 Å². The second-order valence-corrected chi connectivity index (χ2v) is 8.61. The minimum Gasteiger partial charge on any atom is -0.361 e. The second-order valence-electron chi connectivity index (χ2n) is 7.39. The Hall–Kier alpha value is -2.27. The van der Waals surface area contributed by atoms with E-state index in [0.717, 1.165) is 0 Å². The first-order valence-electron chi connectivity index (χ1n) is 9.37. The average Bonchev–Trinajstić information content (AvgIpc) is 3.39. The van der Waals surface area contributed by atoms with Gasteiger partial charge in [-0.2, -0.15) is 0 Å². The number of halogens is 5. The van der Waals surface area contributed by atoms with Crippen LogP contribution in [0.1, 0.15) is 23.2 Å². The summed E-state index contributed by atoms with van der Waals surface area (Å²) in [6.45, 7) is -0.0855. The van der Waals surface area contributed by atoms with E-state index in [0.29, 0.717) is 17.0 Å². The Labute approximate surface area is 196 Å². The highest BCUT2D eigenvalue weighted by Crippen LogP contribution is 2.42. The Morgan fingerprint density at radius 2 is 2.03 bits per heavy atom. The molecule has 2 aliphatic rings. The van der Waals surface area contributed by atoms with Crippen molar-refractivity contribution in [1.82, 2.24) is 15.8 Å². The summed E-state index contributed by atoms with van der Waals surface area (Å²) in [4.78, 5) is 25.2. The van der Waals surface area contributed by atoms with Crippen LogP contribution in [0.15, 0.2) is 35.5 Å². The van der Waals surface area contributed by atoms with Crippen LogP contribution in [0.2, 0.25) is 10.0 Å². The first-order chi connectivity index (χ1) is 15.2. The summed E-state index contributed by atoms with van der Waals surface area (Å²) in [6, 6.07) is 4.98. The number of alkyl halides is 2. The number of hydroxylamine groups is 1. The highest BCUT2D eigenvalue weighted by Gasteiger charge is 2.46. The number of carbonyl (C=O) groups is 1. The van der Waals surface area contributed by atoms with Gasteiger partial charge in [-0.3, -0.25) is 19.6 Å². The molecule has 12 heteroatoms. The smallest absolute Gasteiger partial charge is 0.268 e. The monoisotopic (exact) mass is 502 g/mol. The van der Waals surface area contributed by atoms with Crippen LogP contribution in [0.4, 0.5) is 13.2 Å². The van der Waals surface area contributed by atoms with Crippen LogP contribution in [0.3, 0.4) is 0 Å². The SMILES string of the molecule is O=C1NOCC1NC(=S)c1ccc(C2=NCC(c3cc(Cl)c(F)c(Cl)c3)(C(F)F)C2)cn1. The zero-order valence-corrected chi connectivity index (χ0v) is 18.5. The van der Waals surface area contributed by atoms with Crippen molar-refractivity contribution in [1.29, 1.82) is 0 Å². The fourth-order valence-electron chi connectivity index (χ4n) is 3.53. The fraction of sp³-hybridized carbons (Fsp3) is 0.300. The van der Waals surface area contributed by atoms with Gasteiger partial charge in [0.25, 0.3) is 5.91 Å². The standard InChI is InChI=1S/C20H15Cl2F3N4O2S/c21-11-3-10(4-12(22)16(11)23)20(19(24)25)5-14(27-8-20)9-1-2-13(26-6-9)18(32)28-15-7-31-29-17(15)30/h1-4,6,15,19H,5,7-8H2,(H,28,32)(H,29,30). The van der Waals surface area contributed by atoms with Gasteiger partial charge in [-0.15, -0.1) is 0 Å². The summed E-state index contributed by atoms with van der Waals surface area (Å²) in [5, 5.41) is 2.20. The molecule has 1 saturated heterocycles. The van der Waals surface area contributed by atoms with Gasteiger partial charge in [-0.25, -0.2) is 18.7 Å². The van der Waals surface area contributed by atoms with Crippen LogP contribution in [0, 0.1) is 5.82 Å². The van der Waals surface area contributed by atoms with Crippen LogP contribution in [-0.2, 0) is 15.0 Å². The number of thiocarbonyl (C=S) groups is 1. The van der Waals surface area contributed by atoms with Crippen LogP contribution < -0.4 is 10.8 Å². The van der Waals surface area contributed by atoms with Crippen molar-refractivity contribution in [3.63, 3.8) is 0 Å². The summed E-state index contributed by atoms with van der Waals surface area (Å²) >= 11 is 16.9. The Kier molecular flexibility index (Phi) is 6.39. The molecule has 168 valence electrons. The highest BCUT2D eigenvalue weighted by molar-refractivity contribution is 7.80. The zero-order valence-electron chi connectivity index (χ0n) is 16.2. The Bertz CT molecular complexity index is 1090. The normalized spacial score (nSPS) is 22.8. The molecular formula is C20H15Cl2F3N4O2S. The molecule has 1 amide bonds. The van der Waals surface area contributed by atoms with Gasteiger partial charge < -0.3 is 5.32 Å². The summed E-state index contributed by atoms with van der Waals surface area (Å²) in [5.41, 5.74) is 2.02. The largest absolute Gasteiger partial charge is 0.361 e. The van der Waals surface area contributed by atoms with Gasteiger partial charge >= 0.3 is 0 Å². The summed E-state index contributed by atoms with van der Waals surface area (Å²) in [6.07, 6.45) is -1.42. The van der Waals surface area contributed by atoms with E-state index in [2.05, 4.69) is 20.8 Å². The van der Waals surface area contributed by atoms with Crippen molar-refractivity contribution in [3.05, 3.63) is 63.1 Å². The molecule has 6 nitrogen and oxygen atoms in total. The Morgan fingerprint density at radius 3 is 2.59 bits per heavy atom. The first kappa shape index (κ1) is 22.9. The lowest BCUT2D eigenvalue weighted by atomic mass is 9.77. The van der Waals surface area contributed by atoms with Gasteiger partial charge in [0.1, 0.15) is 17.6 Å². The third-order valence-electron chi connectivity index (χ3n) is 5.39. The lowest BCUT2D eigenvalue weighted by Gasteiger charge is -2.28. The van der Waals surface area contributed by atoms with Gasteiger partial charge in [0.2, 0.25) is 6.43 Å². The molecule has 2 aliphatic heterocycles. The third kappa shape index (κ3) is 4.19. The molecule has 2 N–H and O–H groups in total. The van der Waals surface area contributed by atoms with E-state index in [1.165, 1.54) is 18.3 Å². The number of nitrogens with one attached hydrogen (secondary N) is 2. The Balaban J connectivity index is 1.53. The average molecular weight is 503 g/mol. The van der Waals surface area contributed by atoms with Gasteiger partial charge in [0.05, 0.1) is 27.7 Å². The first-order valence-corrected chi connectivity index (χ1v) is 10.5. The van der Waals surface area contributed by atoms with E-state index in [4.69, 9.17) is 40.3 Å². The number of hydrogen-bond acceptors (Lipinski definition) is 5. The molecule has 1 fully saturated rings. The van der Waals surface area contributed by atoms with E-state index >= 15 is 0 Å². The molecule has 0 bridgehead atoms. The molecule has 3 heterocycles. The molecule has 0 spiro atoms. The minimum atomic E-state index is -2.79. The maximum atomic E-state index is 14.2. The number of rotatable bonds is 5. The Morgan fingerprint density at radius 1 is 1.31 bits per heavy atom. The van der Waals surface area contributed by atoms with Crippen molar-refractivity contribution in [2.45, 2.75) is 24.3 Å². The van der Waals surface area contributed by atoms with Crippen LogP contribution in [0.5, 0.6) is 0 Å². The van der Waals surface area contributed by atoms with Crippen molar-refractivity contribution in [2.24, 2.45) is 4.99 Å². The van der Waals surface area contributed by atoms with Crippen LogP contribution in [-0.4, -0.2) is 47.2 Å². The van der Waals surface area contributed by atoms with Crippen molar-refractivity contribution >= 4 is 52.0 Å². The van der Waals surface area contributed by atoms with E-state index < -0.39 is 23.7 Å². The number of amides is 1.